The maximum absolute atomic E-state index is 6.48. The zero-order valence-electron chi connectivity index (χ0n) is 12.4. The van der Waals surface area contributed by atoms with Crippen molar-refractivity contribution in [2.24, 2.45) is 5.73 Å². The van der Waals surface area contributed by atoms with Gasteiger partial charge < -0.3 is 5.73 Å². The lowest BCUT2D eigenvalue weighted by Gasteiger charge is -2.25. The maximum Gasteiger partial charge on any atom is 0.0847 e. The lowest BCUT2D eigenvalue weighted by atomic mass is 9.89. The SMILES string of the molecule is CCn1nc(C)c(Cl)c1CC(C)(N)Cc1ccccc1. The van der Waals surface area contributed by atoms with Crippen LogP contribution in [0.2, 0.25) is 5.02 Å². The van der Waals surface area contributed by atoms with E-state index in [1.807, 2.05) is 29.8 Å². The standard InChI is InChI=1S/C16H22ClN3/c1-4-20-14(15(17)12(2)19-20)11-16(3,18)10-13-8-6-5-7-9-13/h5-9H,4,10-11,18H2,1-3H3. The molecule has 0 bridgehead atoms. The number of nitrogens with zero attached hydrogens (tertiary/aromatic N) is 2. The Morgan fingerprint density at radius 1 is 1.25 bits per heavy atom. The highest BCUT2D eigenvalue weighted by atomic mass is 35.5. The third-order valence-electron chi connectivity index (χ3n) is 3.47. The van der Waals surface area contributed by atoms with E-state index in [0.29, 0.717) is 0 Å². The van der Waals surface area contributed by atoms with Gasteiger partial charge in [0.2, 0.25) is 0 Å². The van der Waals surface area contributed by atoms with Crippen molar-refractivity contribution in [2.45, 2.75) is 45.7 Å². The fourth-order valence-corrected chi connectivity index (χ4v) is 2.75. The molecule has 4 heteroatoms. The average Bonchev–Trinajstić information content (AvgIpc) is 2.66. The van der Waals surface area contributed by atoms with Crippen molar-refractivity contribution < 1.29 is 0 Å². The van der Waals surface area contributed by atoms with Crippen molar-refractivity contribution in [3.8, 4) is 0 Å². The van der Waals surface area contributed by atoms with E-state index in [1.165, 1.54) is 5.56 Å². The predicted molar refractivity (Wildman–Crippen MR) is 84.1 cm³/mol. The molecule has 1 unspecified atom stereocenters. The van der Waals surface area contributed by atoms with Gasteiger partial charge in [-0.05, 0) is 32.8 Å². The Bertz CT molecular complexity index is 573. The van der Waals surface area contributed by atoms with E-state index in [-0.39, 0.29) is 5.54 Å². The van der Waals surface area contributed by atoms with Crippen LogP contribution in [0.15, 0.2) is 30.3 Å². The third-order valence-corrected chi connectivity index (χ3v) is 3.97. The summed E-state index contributed by atoms with van der Waals surface area (Å²) in [5.41, 5.74) is 9.29. The summed E-state index contributed by atoms with van der Waals surface area (Å²) in [7, 11) is 0. The van der Waals surface area contributed by atoms with Crippen LogP contribution in [0.5, 0.6) is 0 Å². The fourth-order valence-electron chi connectivity index (χ4n) is 2.55. The smallest absolute Gasteiger partial charge is 0.0847 e. The van der Waals surface area contributed by atoms with Crippen LogP contribution in [-0.2, 0) is 19.4 Å². The molecular weight excluding hydrogens is 270 g/mol. The molecule has 0 spiro atoms. The first kappa shape index (κ1) is 15.1. The van der Waals surface area contributed by atoms with Crippen LogP contribution < -0.4 is 5.73 Å². The second kappa shape index (κ2) is 5.98. The summed E-state index contributed by atoms with van der Waals surface area (Å²) >= 11 is 6.36. The first-order valence-corrected chi connectivity index (χ1v) is 7.35. The largest absolute Gasteiger partial charge is 0.325 e. The summed E-state index contributed by atoms with van der Waals surface area (Å²) in [6.45, 7) is 6.88. The van der Waals surface area contributed by atoms with Crippen LogP contribution >= 0.6 is 11.6 Å². The van der Waals surface area contributed by atoms with Gasteiger partial charge in [0.05, 0.1) is 16.4 Å². The molecule has 2 aromatic rings. The third kappa shape index (κ3) is 3.41. The van der Waals surface area contributed by atoms with Crippen molar-refractivity contribution in [1.29, 1.82) is 0 Å². The van der Waals surface area contributed by atoms with Crippen molar-refractivity contribution in [2.75, 3.05) is 0 Å². The molecule has 0 saturated carbocycles. The van der Waals surface area contributed by atoms with Gasteiger partial charge in [-0.15, -0.1) is 0 Å². The summed E-state index contributed by atoms with van der Waals surface area (Å²) < 4.78 is 1.95. The number of rotatable bonds is 5. The number of nitrogens with two attached hydrogens (primary N) is 1. The molecule has 0 aliphatic carbocycles. The van der Waals surface area contributed by atoms with Gasteiger partial charge in [-0.1, -0.05) is 41.9 Å². The minimum atomic E-state index is -0.343. The van der Waals surface area contributed by atoms with E-state index in [4.69, 9.17) is 17.3 Å². The Hall–Kier alpha value is -1.32. The molecule has 2 N–H and O–H groups in total. The lowest BCUT2D eigenvalue weighted by Crippen LogP contribution is -2.41. The highest BCUT2D eigenvalue weighted by molar-refractivity contribution is 6.31. The molecule has 0 aliphatic rings. The highest BCUT2D eigenvalue weighted by Crippen LogP contribution is 2.25. The van der Waals surface area contributed by atoms with Crippen LogP contribution in [0.4, 0.5) is 0 Å². The molecule has 0 radical (unpaired) electrons. The number of halogens is 1. The van der Waals surface area contributed by atoms with Crippen LogP contribution in [0.3, 0.4) is 0 Å². The number of hydrogen-bond acceptors (Lipinski definition) is 2. The van der Waals surface area contributed by atoms with Gasteiger partial charge >= 0.3 is 0 Å². The second-order valence-corrected chi connectivity index (χ2v) is 6.03. The van der Waals surface area contributed by atoms with Crippen LogP contribution in [-0.4, -0.2) is 15.3 Å². The van der Waals surface area contributed by atoms with Gasteiger partial charge in [0.25, 0.3) is 0 Å². The Kier molecular flexibility index (Phi) is 4.51. The van der Waals surface area contributed by atoms with E-state index in [1.54, 1.807) is 0 Å². The first-order chi connectivity index (χ1) is 9.43. The molecule has 1 aromatic heterocycles. The molecule has 0 saturated heterocycles. The lowest BCUT2D eigenvalue weighted by molar-refractivity contribution is 0.442. The average molecular weight is 292 g/mol. The van der Waals surface area contributed by atoms with Gasteiger partial charge in [-0.2, -0.15) is 5.10 Å². The normalized spacial score (nSPS) is 14.2. The summed E-state index contributed by atoms with van der Waals surface area (Å²) in [4.78, 5) is 0. The van der Waals surface area contributed by atoms with Gasteiger partial charge in [0, 0.05) is 18.5 Å². The number of hydrogen-bond donors (Lipinski definition) is 1. The van der Waals surface area contributed by atoms with E-state index >= 15 is 0 Å². The molecule has 0 aliphatic heterocycles. The molecule has 2 rings (SSSR count). The van der Waals surface area contributed by atoms with Gasteiger partial charge in [-0.25, -0.2) is 0 Å². The van der Waals surface area contributed by atoms with Crippen molar-refractivity contribution in [1.82, 2.24) is 9.78 Å². The number of aromatic nitrogens is 2. The molecule has 3 nitrogen and oxygen atoms in total. The molecule has 108 valence electrons. The van der Waals surface area contributed by atoms with Gasteiger partial charge in [-0.3, -0.25) is 4.68 Å². The molecular formula is C16H22ClN3. The monoisotopic (exact) mass is 291 g/mol. The molecule has 1 atom stereocenters. The summed E-state index contributed by atoms with van der Waals surface area (Å²) in [5.74, 6) is 0. The van der Waals surface area contributed by atoms with Gasteiger partial charge in [0.15, 0.2) is 0 Å². The molecule has 1 heterocycles. The first-order valence-electron chi connectivity index (χ1n) is 6.97. The zero-order chi connectivity index (χ0) is 14.8. The topological polar surface area (TPSA) is 43.8 Å². The Morgan fingerprint density at radius 3 is 2.50 bits per heavy atom. The van der Waals surface area contributed by atoms with Crippen molar-refractivity contribution >= 4 is 11.6 Å². The van der Waals surface area contributed by atoms with Crippen molar-refractivity contribution in [3.05, 3.63) is 52.3 Å². The molecule has 1 aromatic carbocycles. The Morgan fingerprint density at radius 2 is 1.90 bits per heavy atom. The van der Waals surface area contributed by atoms with Crippen molar-refractivity contribution in [3.63, 3.8) is 0 Å². The molecule has 0 fully saturated rings. The summed E-state index contributed by atoms with van der Waals surface area (Å²) in [6, 6.07) is 10.3. The quantitative estimate of drug-likeness (QED) is 0.918. The minimum absolute atomic E-state index is 0.343. The van der Waals surface area contributed by atoms with E-state index < -0.39 is 0 Å². The summed E-state index contributed by atoms with van der Waals surface area (Å²) in [5, 5.41) is 5.20. The maximum atomic E-state index is 6.48. The van der Waals surface area contributed by atoms with E-state index in [9.17, 15) is 0 Å². The molecule has 20 heavy (non-hydrogen) atoms. The predicted octanol–water partition coefficient (Wildman–Crippen LogP) is 3.37. The van der Waals surface area contributed by atoms with Crippen LogP contribution in [0, 0.1) is 6.92 Å². The highest BCUT2D eigenvalue weighted by Gasteiger charge is 2.24. The fraction of sp³-hybridized carbons (Fsp3) is 0.438. The van der Waals surface area contributed by atoms with Crippen LogP contribution in [0.25, 0.3) is 0 Å². The number of aryl methyl sites for hydroxylation is 2. The number of benzene rings is 1. The summed E-state index contributed by atoms with van der Waals surface area (Å²) in [6.07, 6.45) is 1.54. The molecule has 0 amide bonds. The van der Waals surface area contributed by atoms with E-state index in [2.05, 4.69) is 31.1 Å². The van der Waals surface area contributed by atoms with Crippen LogP contribution in [0.1, 0.15) is 30.8 Å². The van der Waals surface area contributed by atoms with Gasteiger partial charge in [0.1, 0.15) is 0 Å². The second-order valence-electron chi connectivity index (χ2n) is 5.66. The Balaban J connectivity index is 2.20. The van der Waals surface area contributed by atoms with E-state index in [0.717, 1.165) is 35.8 Å². The Labute approximate surface area is 125 Å². The zero-order valence-corrected chi connectivity index (χ0v) is 13.1. The minimum Gasteiger partial charge on any atom is -0.325 e.